The third-order valence-electron chi connectivity index (χ3n) is 8.82. The van der Waals surface area contributed by atoms with Crippen LogP contribution in [0.25, 0.3) is 5.57 Å². The van der Waals surface area contributed by atoms with Crippen molar-refractivity contribution < 1.29 is 0 Å². The molecule has 2 unspecified atom stereocenters. The zero-order valence-electron chi connectivity index (χ0n) is 22.8. The van der Waals surface area contributed by atoms with E-state index in [0.717, 1.165) is 24.3 Å². The standard InChI is InChI=1S/C32H37N5/c1-7-18-36-25-17-13-11-15-23(25)32(8-2,9-3)28-22-14-10-12-16-24(22)37-26-19-33-20-34-30(26)35(6)31(37)27(28)29(36)21(4)5/h7,10-21,29,31H,8-9H2,1-6H3. The molecule has 37 heavy (non-hydrogen) atoms. The number of rotatable bonds is 4. The first-order valence-electron chi connectivity index (χ1n) is 13.7. The van der Waals surface area contributed by atoms with Crippen molar-refractivity contribution in [3.05, 3.63) is 90.0 Å². The Labute approximate surface area is 221 Å². The van der Waals surface area contributed by atoms with Gasteiger partial charge >= 0.3 is 0 Å². The molecule has 0 aliphatic carbocycles. The van der Waals surface area contributed by atoms with Crippen LogP contribution in [0.2, 0.25) is 0 Å². The Hall–Kier alpha value is -3.60. The number of hydrogen-bond donors (Lipinski definition) is 0. The van der Waals surface area contributed by atoms with E-state index in [1.807, 2.05) is 6.20 Å². The molecule has 0 amide bonds. The van der Waals surface area contributed by atoms with Crippen molar-refractivity contribution in [1.82, 2.24) is 9.97 Å². The largest absolute Gasteiger partial charge is 0.340 e. The molecule has 190 valence electrons. The van der Waals surface area contributed by atoms with Gasteiger partial charge in [0.15, 0.2) is 5.82 Å². The van der Waals surface area contributed by atoms with Gasteiger partial charge in [-0.15, -0.1) is 0 Å². The van der Waals surface area contributed by atoms with Crippen molar-refractivity contribution in [2.24, 2.45) is 5.92 Å². The monoisotopic (exact) mass is 491 g/mol. The predicted octanol–water partition coefficient (Wildman–Crippen LogP) is 7.29. The summed E-state index contributed by atoms with van der Waals surface area (Å²) in [5, 5.41) is 0. The maximum absolute atomic E-state index is 4.76. The number of anilines is 4. The molecule has 0 radical (unpaired) electrons. The number of hydrogen-bond acceptors (Lipinski definition) is 5. The first-order chi connectivity index (χ1) is 18.0. The highest BCUT2D eigenvalue weighted by molar-refractivity contribution is 5.98. The van der Waals surface area contributed by atoms with E-state index in [1.165, 1.54) is 33.6 Å². The van der Waals surface area contributed by atoms with Crippen LogP contribution >= 0.6 is 0 Å². The zero-order chi connectivity index (χ0) is 25.9. The molecule has 3 aliphatic heterocycles. The lowest BCUT2D eigenvalue weighted by molar-refractivity contribution is 0.491. The minimum absolute atomic E-state index is 0.0311. The Morgan fingerprint density at radius 2 is 1.68 bits per heavy atom. The lowest BCUT2D eigenvalue weighted by Crippen LogP contribution is -2.51. The van der Waals surface area contributed by atoms with Gasteiger partial charge in [0.2, 0.25) is 0 Å². The average molecular weight is 492 g/mol. The molecule has 2 aromatic carbocycles. The van der Waals surface area contributed by atoms with Gasteiger partial charge in [0.25, 0.3) is 0 Å². The van der Waals surface area contributed by atoms with E-state index >= 15 is 0 Å². The van der Waals surface area contributed by atoms with Crippen LogP contribution in [0.1, 0.15) is 58.6 Å². The summed E-state index contributed by atoms with van der Waals surface area (Å²) >= 11 is 0. The average Bonchev–Trinajstić information content (AvgIpc) is 3.17. The minimum atomic E-state index is -0.112. The quantitative estimate of drug-likeness (QED) is 0.383. The van der Waals surface area contributed by atoms with Crippen LogP contribution in [-0.4, -0.2) is 29.2 Å². The van der Waals surface area contributed by atoms with Crippen molar-refractivity contribution in [3.63, 3.8) is 0 Å². The van der Waals surface area contributed by atoms with Crippen LogP contribution in [0, 0.1) is 5.92 Å². The van der Waals surface area contributed by atoms with Crippen LogP contribution in [-0.2, 0) is 5.41 Å². The highest BCUT2D eigenvalue weighted by Crippen LogP contribution is 2.60. The van der Waals surface area contributed by atoms with Gasteiger partial charge in [-0.25, -0.2) is 9.97 Å². The maximum Gasteiger partial charge on any atom is 0.157 e. The van der Waals surface area contributed by atoms with E-state index in [-0.39, 0.29) is 17.6 Å². The van der Waals surface area contributed by atoms with E-state index < -0.39 is 0 Å². The topological polar surface area (TPSA) is 35.5 Å². The van der Waals surface area contributed by atoms with Gasteiger partial charge in [-0.2, -0.15) is 0 Å². The predicted molar refractivity (Wildman–Crippen MR) is 154 cm³/mol. The highest BCUT2D eigenvalue weighted by atomic mass is 15.4. The van der Waals surface area contributed by atoms with Crippen LogP contribution in [0.4, 0.5) is 22.9 Å². The molecule has 1 aromatic heterocycles. The molecule has 0 saturated carbocycles. The van der Waals surface area contributed by atoms with Gasteiger partial charge in [-0.1, -0.05) is 70.2 Å². The molecule has 0 saturated heterocycles. The van der Waals surface area contributed by atoms with E-state index in [0.29, 0.717) is 5.92 Å². The third kappa shape index (κ3) is 3.09. The smallest absolute Gasteiger partial charge is 0.157 e. The first kappa shape index (κ1) is 23.8. The van der Waals surface area contributed by atoms with Gasteiger partial charge in [-0.05, 0) is 49.0 Å². The van der Waals surface area contributed by atoms with Gasteiger partial charge in [0, 0.05) is 35.5 Å². The molecular formula is C32H37N5. The molecule has 0 fully saturated rings. The number of para-hydroxylation sites is 2. The molecule has 5 nitrogen and oxygen atoms in total. The first-order valence-corrected chi connectivity index (χ1v) is 13.7. The minimum Gasteiger partial charge on any atom is -0.340 e. The second kappa shape index (κ2) is 8.76. The fourth-order valence-electron chi connectivity index (χ4n) is 7.34. The molecule has 0 bridgehead atoms. The molecule has 0 spiro atoms. The van der Waals surface area contributed by atoms with Crippen LogP contribution in [0.3, 0.4) is 0 Å². The molecule has 6 rings (SSSR count). The SMILES string of the molecule is CC=CN1c2ccccc2C(CC)(CC)C2=C(C1C(C)C)C1N(C)c3ncncc3N1c1ccccc12. The summed E-state index contributed by atoms with van der Waals surface area (Å²) in [6, 6.07) is 18.3. The van der Waals surface area contributed by atoms with E-state index in [2.05, 4.69) is 122 Å². The second-order valence-corrected chi connectivity index (χ2v) is 10.8. The molecule has 3 aliphatic rings. The van der Waals surface area contributed by atoms with Crippen LogP contribution in [0.15, 0.2) is 78.9 Å². The normalized spacial score (nSPS) is 21.5. The molecule has 3 aromatic rings. The lowest BCUT2D eigenvalue weighted by Gasteiger charge is -2.47. The summed E-state index contributed by atoms with van der Waals surface area (Å²) in [5.74, 6) is 1.37. The number of benzene rings is 2. The fourth-order valence-corrected chi connectivity index (χ4v) is 7.34. The summed E-state index contributed by atoms with van der Waals surface area (Å²) in [5.41, 5.74) is 9.28. The third-order valence-corrected chi connectivity index (χ3v) is 8.82. The summed E-state index contributed by atoms with van der Waals surface area (Å²) in [4.78, 5) is 16.6. The van der Waals surface area contributed by atoms with Crippen molar-refractivity contribution >= 4 is 28.5 Å². The molecule has 0 N–H and O–H groups in total. The summed E-state index contributed by atoms with van der Waals surface area (Å²) in [7, 11) is 2.20. The lowest BCUT2D eigenvalue weighted by atomic mass is 9.64. The Morgan fingerprint density at radius 3 is 2.38 bits per heavy atom. The molecule has 4 heterocycles. The molecule has 5 heteroatoms. The van der Waals surface area contributed by atoms with E-state index in [9.17, 15) is 0 Å². The number of nitrogens with zero attached hydrogens (tertiary/aromatic N) is 5. The van der Waals surface area contributed by atoms with Gasteiger partial charge in [-0.3, -0.25) is 0 Å². The second-order valence-electron chi connectivity index (χ2n) is 10.8. The number of aromatic nitrogens is 2. The van der Waals surface area contributed by atoms with Crippen molar-refractivity contribution in [3.8, 4) is 0 Å². The van der Waals surface area contributed by atoms with E-state index in [1.54, 1.807) is 6.33 Å². The maximum atomic E-state index is 4.76. The summed E-state index contributed by atoms with van der Waals surface area (Å²) in [6.45, 7) is 11.6. The van der Waals surface area contributed by atoms with Crippen molar-refractivity contribution in [2.75, 3.05) is 21.7 Å². The van der Waals surface area contributed by atoms with Crippen molar-refractivity contribution in [2.45, 2.75) is 65.1 Å². The Kier molecular flexibility index (Phi) is 5.63. The van der Waals surface area contributed by atoms with E-state index in [4.69, 9.17) is 4.98 Å². The van der Waals surface area contributed by atoms with Crippen LogP contribution in [0.5, 0.6) is 0 Å². The Bertz CT molecular complexity index is 1400. The van der Waals surface area contributed by atoms with Gasteiger partial charge in [0.1, 0.15) is 18.2 Å². The molecular weight excluding hydrogens is 454 g/mol. The zero-order valence-corrected chi connectivity index (χ0v) is 22.8. The van der Waals surface area contributed by atoms with Gasteiger partial charge in [0.05, 0.1) is 17.9 Å². The summed E-state index contributed by atoms with van der Waals surface area (Å²) in [6.07, 6.45) is 10.2. The molecule has 2 atom stereocenters. The number of allylic oxidation sites excluding steroid dienone is 2. The Balaban J connectivity index is 1.80. The Morgan fingerprint density at radius 1 is 0.973 bits per heavy atom. The fraction of sp³-hybridized carbons (Fsp3) is 0.375. The number of likely N-dealkylation sites (N-methyl/N-ethyl adjacent to an activating group) is 1. The van der Waals surface area contributed by atoms with Crippen molar-refractivity contribution in [1.29, 1.82) is 0 Å². The van der Waals surface area contributed by atoms with Gasteiger partial charge < -0.3 is 14.7 Å². The highest BCUT2D eigenvalue weighted by Gasteiger charge is 2.53. The summed E-state index contributed by atoms with van der Waals surface area (Å²) < 4.78 is 0. The van der Waals surface area contributed by atoms with Crippen LogP contribution < -0.4 is 14.7 Å². The number of fused-ring (bicyclic) bond motifs is 8.